The third-order valence-electron chi connectivity index (χ3n) is 3.05. The van der Waals surface area contributed by atoms with Gasteiger partial charge in [-0.3, -0.25) is 4.79 Å². The van der Waals surface area contributed by atoms with Crippen LogP contribution in [0.4, 0.5) is 0 Å². The minimum Gasteiger partial charge on any atom is -0.335 e. The average Bonchev–Trinajstić information content (AvgIpc) is 2.82. The van der Waals surface area contributed by atoms with E-state index in [4.69, 9.17) is 11.6 Å². The van der Waals surface area contributed by atoms with Crippen molar-refractivity contribution in [2.24, 2.45) is 0 Å². The number of fused-ring (bicyclic) bond motifs is 1. The van der Waals surface area contributed by atoms with Crippen LogP contribution < -0.4 is 0 Å². The molecule has 0 aliphatic rings. The summed E-state index contributed by atoms with van der Waals surface area (Å²) in [7, 11) is 0. The summed E-state index contributed by atoms with van der Waals surface area (Å²) >= 11 is 7.29. The van der Waals surface area contributed by atoms with Crippen LogP contribution in [0.5, 0.6) is 0 Å². The monoisotopic (exact) mass is 295 g/mol. The molecule has 0 aliphatic heterocycles. The van der Waals surface area contributed by atoms with Crippen LogP contribution in [0.3, 0.4) is 0 Å². The standard InChI is InChI=1S/C15H18ClNOS/c1-11(2)17(9-5-8-16)15(18)14-10-12-6-3-4-7-13(12)19-14/h3-4,6-7,10-11H,5,8-9H2,1-2H3. The molecule has 2 nitrogen and oxygen atoms in total. The number of thiophene rings is 1. The molecule has 4 heteroatoms. The predicted molar refractivity (Wildman–Crippen MR) is 83.3 cm³/mol. The number of benzene rings is 1. The number of amides is 1. The fourth-order valence-electron chi connectivity index (χ4n) is 2.05. The fourth-order valence-corrected chi connectivity index (χ4v) is 3.19. The van der Waals surface area contributed by atoms with Gasteiger partial charge in [0.2, 0.25) is 0 Å². The molecule has 0 atom stereocenters. The number of hydrogen-bond acceptors (Lipinski definition) is 2. The van der Waals surface area contributed by atoms with E-state index in [1.54, 1.807) is 11.3 Å². The summed E-state index contributed by atoms with van der Waals surface area (Å²) in [6.07, 6.45) is 0.830. The Morgan fingerprint density at radius 3 is 2.74 bits per heavy atom. The van der Waals surface area contributed by atoms with E-state index >= 15 is 0 Å². The van der Waals surface area contributed by atoms with Gasteiger partial charge in [0.15, 0.2) is 0 Å². The van der Waals surface area contributed by atoms with Gasteiger partial charge in [0.25, 0.3) is 5.91 Å². The van der Waals surface area contributed by atoms with Crippen molar-refractivity contribution in [1.29, 1.82) is 0 Å². The first-order valence-corrected chi connectivity index (χ1v) is 7.84. The Morgan fingerprint density at radius 1 is 1.37 bits per heavy atom. The maximum Gasteiger partial charge on any atom is 0.264 e. The molecule has 0 aliphatic carbocycles. The van der Waals surface area contributed by atoms with E-state index in [0.717, 1.165) is 21.4 Å². The second-order valence-corrected chi connectivity index (χ2v) is 6.25. The third kappa shape index (κ3) is 3.28. The van der Waals surface area contributed by atoms with Crippen LogP contribution in [-0.4, -0.2) is 29.3 Å². The van der Waals surface area contributed by atoms with Gasteiger partial charge >= 0.3 is 0 Å². The topological polar surface area (TPSA) is 20.3 Å². The zero-order chi connectivity index (χ0) is 13.8. The van der Waals surface area contributed by atoms with Gasteiger partial charge in [0.05, 0.1) is 4.88 Å². The highest BCUT2D eigenvalue weighted by Crippen LogP contribution is 2.26. The number of carbonyl (C=O) groups excluding carboxylic acids is 1. The van der Waals surface area contributed by atoms with Gasteiger partial charge in [-0.2, -0.15) is 0 Å². The summed E-state index contributed by atoms with van der Waals surface area (Å²) in [5.74, 6) is 0.699. The lowest BCUT2D eigenvalue weighted by molar-refractivity contribution is 0.0711. The van der Waals surface area contributed by atoms with Gasteiger partial charge in [-0.15, -0.1) is 22.9 Å². The van der Waals surface area contributed by atoms with E-state index in [1.807, 2.05) is 43.0 Å². The second kappa shape index (κ2) is 6.40. The second-order valence-electron chi connectivity index (χ2n) is 4.78. The number of hydrogen-bond donors (Lipinski definition) is 0. The lowest BCUT2D eigenvalue weighted by Gasteiger charge is -2.25. The molecular weight excluding hydrogens is 278 g/mol. The zero-order valence-electron chi connectivity index (χ0n) is 11.2. The van der Waals surface area contributed by atoms with Crippen LogP contribution in [-0.2, 0) is 0 Å². The SMILES string of the molecule is CC(C)N(CCCCl)C(=O)c1cc2ccccc2s1. The third-order valence-corrected chi connectivity index (χ3v) is 4.42. The number of halogens is 1. The van der Waals surface area contributed by atoms with Crippen LogP contribution in [0, 0.1) is 0 Å². The number of alkyl halides is 1. The first-order valence-electron chi connectivity index (χ1n) is 6.49. The molecule has 1 aromatic heterocycles. The Balaban J connectivity index is 2.25. The lowest BCUT2D eigenvalue weighted by atomic mass is 10.2. The molecule has 0 bridgehead atoms. The Morgan fingerprint density at radius 2 is 2.11 bits per heavy atom. The van der Waals surface area contributed by atoms with E-state index in [0.29, 0.717) is 12.4 Å². The molecule has 2 aromatic rings. The van der Waals surface area contributed by atoms with Crippen LogP contribution in [0.1, 0.15) is 29.9 Å². The van der Waals surface area contributed by atoms with Crippen molar-refractivity contribution in [2.45, 2.75) is 26.3 Å². The minimum atomic E-state index is 0.112. The molecule has 0 fully saturated rings. The van der Waals surface area contributed by atoms with Gasteiger partial charge in [-0.25, -0.2) is 0 Å². The molecule has 0 radical (unpaired) electrons. The zero-order valence-corrected chi connectivity index (χ0v) is 12.8. The minimum absolute atomic E-state index is 0.112. The number of nitrogens with zero attached hydrogens (tertiary/aromatic N) is 1. The largest absolute Gasteiger partial charge is 0.335 e. The van der Waals surface area contributed by atoms with Crippen molar-refractivity contribution < 1.29 is 4.79 Å². The van der Waals surface area contributed by atoms with Crippen LogP contribution in [0.25, 0.3) is 10.1 Å². The quantitative estimate of drug-likeness (QED) is 0.750. The Labute approximate surface area is 123 Å². The molecule has 0 saturated carbocycles. The van der Waals surface area contributed by atoms with Crippen LogP contribution >= 0.6 is 22.9 Å². The Bertz CT molecular complexity index is 531. The van der Waals surface area contributed by atoms with Crippen molar-refractivity contribution in [3.8, 4) is 0 Å². The molecule has 0 N–H and O–H groups in total. The summed E-state index contributed by atoms with van der Waals surface area (Å²) in [5.41, 5.74) is 0. The molecule has 1 amide bonds. The molecule has 0 spiro atoms. The summed E-state index contributed by atoms with van der Waals surface area (Å²) in [6.45, 7) is 4.80. The lowest BCUT2D eigenvalue weighted by Crippen LogP contribution is -2.37. The summed E-state index contributed by atoms with van der Waals surface area (Å²) in [5, 5.41) is 1.14. The van der Waals surface area contributed by atoms with E-state index in [9.17, 15) is 4.79 Å². The van der Waals surface area contributed by atoms with Crippen molar-refractivity contribution in [1.82, 2.24) is 4.90 Å². The normalized spacial score (nSPS) is 11.2. The van der Waals surface area contributed by atoms with E-state index < -0.39 is 0 Å². The number of carbonyl (C=O) groups is 1. The molecule has 0 saturated heterocycles. The average molecular weight is 296 g/mol. The summed E-state index contributed by atoms with van der Waals surface area (Å²) in [4.78, 5) is 15.3. The molecule has 102 valence electrons. The molecule has 1 heterocycles. The molecule has 1 aromatic carbocycles. The molecule has 19 heavy (non-hydrogen) atoms. The van der Waals surface area contributed by atoms with Crippen molar-refractivity contribution in [3.63, 3.8) is 0 Å². The van der Waals surface area contributed by atoms with E-state index in [1.165, 1.54) is 0 Å². The predicted octanol–water partition coefficient (Wildman–Crippen LogP) is 4.38. The van der Waals surface area contributed by atoms with E-state index in [2.05, 4.69) is 6.07 Å². The van der Waals surface area contributed by atoms with Gasteiger partial charge in [0.1, 0.15) is 0 Å². The van der Waals surface area contributed by atoms with Crippen LogP contribution in [0.2, 0.25) is 0 Å². The molecular formula is C15H18ClNOS. The molecule has 0 unspecified atom stereocenters. The summed E-state index contributed by atoms with van der Waals surface area (Å²) in [6, 6.07) is 10.3. The molecule has 2 rings (SSSR count). The smallest absolute Gasteiger partial charge is 0.264 e. The Hall–Kier alpha value is -1.06. The van der Waals surface area contributed by atoms with Crippen molar-refractivity contribution in [3.05, 3.63) is 35.2 Å². The van der Waals surface area contributed by atoms with Gasteiger partial charge in [-0.05, 0) is 37.8 Å². The first kappa shape index (κ1) is 14.4. The first-order chi connectivity index (χ1) is 9.13. The Kier molecular flexibility index (Phi) is 4.83. The van der Waals surface area contributed by atoms with Gasteiger partial charge in [0, 0.05) is 23.2 Å². The fraction of sp³-hybridized carbons (Fsp3) is 0.400. The highest BCUT2D eigenvalue weighted by atomic mass is 35.5. The van der Waals surface area contributed by atoms with Crippen molar-refractivity contribution >= 4 is 38.9 Å². The van der Waals surface area contributed by atoms with Crippen LogP contribution in [0.15, 0.2) is 30.3 Å². The highest BCUT2D eigenvalue weighted by molar-refractivity contribution is 7.20. The maximum atomic E-state index is 12.6. The maximum absolute atomic E-state index is 12.6. The van der Waals surface area contributed by atoms with E-state index in [-0.39, 0.29) is 11.9 Å². The highest BCUT2D eigenvalue weighted by Gasteiger charge is 2.20. The van der Waals surface area contributed by atoms with Gasteiger partial charge < -0.3 is 4.90 Å². The van der Waals surface area contributed by atoms with Gasteiger partial charge in [-0.1, -0.05) is 18.2 Å². The number of rotatable bonds is 5. The summed E-state index contributed by atoms with van der Waals surface area (Å²) < 4.78 is 1.16. The van der Waals surface area contributed by atoms with Crippen molar-refractivity contribution in [2.75, 3.05) is 12.4 Å².